The van der Waals surface area contributed by atoms with Crippen LogP contribution in [0.15, 0.2) is 42.2 Å². The van der Waals surface area contributed by atoms with Crippen molar-refractivity contribution in [1.82, 2.24) is 5.32 Å². The van der Waals surface area contributed by atoms with Gasteiger partial charge in [0, 0.05) is 0 Å². The lowest BCUT2D eigenvalue weighted by Crippen LogP contribution is -2.60. The van der Waals surface area contributed by atoms with Crippen LogP contribution >= 0.6 is 0 Å². The first kappa shape index (κ1) is 19.9. The Morgan fingerprint density at radius 2 is 1.88 bits per heavy atom. The molecule has 1 amide bonds. The molecule has 0 bridgehead atoms. The fraction of sp³-hybridized carbons (Fsp3) is 0.412. The lowest BCUT2D eigenvalue weighted by Gasteiger charge is -2.39. The zero-order valence-corrected chi connectivity index (χ0v) is 13.7. The van der Waals surface area contributed by atoms with E-state index in [4.69, 9.17) is 9.84 Å². The molecule has 0 saturated heterocycles. The number of nitrogens with one attached hydrogen (secondary N) is 1. The molecule has 2 rings (SSSR count). The quantitative estimate of drug-likeness (QED) is 0.338. The number of aliphatic carboxylic acids is 1. The minimum absolute atomic E-state index is 0.0213. The summed E-state index contributed by atoms with van der Waals surface area (Å²) in [5.41, 5.74) is 0.703. The molecular weight excluding hydrogens is 346 g/mol. The predicted molar refractivity (Wildman–Crippen MR) is 85.1 cm³/mol. The second-order valence-corrected chi connectivity index (χ2v) is 5.89. The van der Waals surface area contributed by atoms with Crippen LogP contribution in [0.2, 0.25) is 0 Å². The molecule has 0 aliphatic carbocycles. The van der Waals surface area contributed by atoms with Gasteiger partial charge < -0.3 is 40.4 Å². The average molecular weight is 366 g/mol. The van der Waals surface area contributed by atoms with E-state index < -0.39 is 54.7 Å². The van der Waals surface area contributed by atoms with E-state index in [2.05, 4.69) is 5.32 Å². The Balaban J connectivity index is 2.18. The summed E-state index contributed by atoms with van der Waals surface area (Å²) >= 11 is 0. The normalized spacial score (nSPS) is 24.8. The number of hydrogen-bond donors (Lipinski definition) is 5. The number of aliphatic hydroxyl groups is 4. The largest absolute Gasteiger partial charge is 0.542 e. The van der Waals surface area contributed by atoms with E-state index in [1.54, 1.807) is 30.3 Å². The van der Waals surface area contributed by atoms with Crippen LogP contribution in [0.1, 0.15) is 5.56 Å². The molecule has 2 unspecified atom stereocenters. The maximum atomic E-state index is 12.2. The van der Waals surface area contributed by atoms with Crippen molar-refractivity contribution in [1.29, 1.82) is 0 Å². The smallest absolute Gasteiger partial charge is 0.224 e. The highest BCUT2D eigenvalue weighted by Gasteiger charge is 2.42. The number of carbonyl (C=O) groups is 2. The summed E-state index contributed by atoms with van der Waals surface area (Å²) in [4.78, 5) is 23.2. The Hall–Kier alpha value is -2.46. The van der Waals surface area contributed by atoms with E-state index in [0.29, 0.717) is 5.56 Å². The van der Waals surface area contributed by atoms with Crippen LogP contribution in [0, 0.1) is 0 Å². The van der Waals surface area contributed by atoms with Crippen molar-refractivity contribution in [3.8, 4) is 0 Å². The molecule has 0 radical (unpaired) electrons. The molecule has 1 aliphatic rings. The highest BCUT2D eigenvalue weighted by molar-refractivity contribution is 5.83. The molecule has 5 atom stereocenters. The summed E-state index contributed by atoms with van der Waals surface area (Å²) in [6.07, 6.45) is -5.64. The number of hydrogen-bond acceptors (Lipinski definition) is 8. The first-order valence-corrected chi connectivity index (χ1v) is 7.91. The van der Waals surface area contributed by atoms with Crippen molar-refractivity contribution >= 4 is 11.9 Å². The fourth-order valence-corrected chi connectivity index (χ4v) is 2.62. The van der Waals surface area contributed by atoms with Gasteiger partial charge in [0.05, 0.1) is 25.2 Å². The van der Waals surface area contributed by atoms with Gasteiger partial charge in [0.2, 0.25) is 5.91 Å². The molecule has 0 saturated carbocycles. The van der Waals surface area contributed by atoms with Gasteiger partial charge in [-0.2, -0.15) is 0 Å². The first-order chi connectivity index (χ1) is 12.3. The number of carbonyl (C=O) groups excluding carboxylic acids is 2. The molecule has 9 heteroatoms. The highest BCUT2D eigenvalue weighted by atomic mass is 16.5. The summed E-state index contributed by atoms with van der Waals surface area (Å²) in [5.74, 6) is -2.97. The maximum absolute atomic E-state index is 12.2. The van der Waals surface area contributed by atoms with Crippen molar-refractivity contribution in [3.63, 3.8) is 0 Å². The monoisotopic (exact) mass is 366 g/mol. The van der Waals surface area contributed by atoms with Crippen LogP contribution in [0.5, 0.6) is 0 Å². The summed E-state index contributed by atoms with van der Waals surface area (Å²) in [6, 6.07) is 7.49. The van der Waals surface area contributed by atoms with Crippen molar-refractivity contribution in [2.75, 3.05) is 6.61 Å². The molecule has 5 N–H and O–H groups in total. The van der Waals surface area contributed by atoms with Crippen LogP contribution < -0.4 is 10.4 Å². The summed E-state index contributed by atoms with van der Waals surface area (Å²) in [7, 11) is 0. The minimum Gasteiger partial charge on any atom is -0.542 e. The SMILES string of the molecule is O=C(Cc1ccccc1)N[C@@H]1C(O)C=C(C(=O)[O-])OC1[C@H](O)[C@H](O)CO. The van der Waals surface area contributed by atoms with E-state index in [0.717, 1.165) is 6.08 Å². The number of amides is 1. The standard InChI is InChI=1S/C17H21NO8/c19-8-11(21)15(23)16-14(10(20)7-12(26-16)17(24)25)18-13(22)6-9-4-2-1-3-5-9/h1-5,7,10-11,14-16,19-21,23H,6,8H2,(H,18,22)(H,24,25)/p-1/t10?,11-,14-,15-,16?/m1/s1. The molecule has 0 fully saturated rings. The van der Waals surface area contributed by atoms with E-state index in [1.807, 2.05) is 0 Å². The lowest BCUT2D eigenvalue weighted by atomic mass is 9.93. The zero-order valence-electron chi connectivity index (χ0n) is 13.7. The highest BCUT2D eigenvalue weighted by Crippen LogP contribution is 2.22. The van der Waals surface area contributed by atoms with Crippen molar-refractivity contribution in [2.24, 2.45) is 0 Å². The number of aliphatic hydroxyl groups excluding tert-OH is 4. The van der Waals surface area contributed by atoms with Gasteiger partial charge in [-0.15, -0.1) is 0 Å². The van der Waals surface area contributed by atoms with Crippen molar-refractivity contribution in [3.05, 3.63) is 47.7 Å². The minimum atomic E-state index is -1.76. The van der Waals surface area contributed by atoms with Crippen LogP contribution in [-0.4, -0.2) is 69.4 Å². The topological polar surface area (TPSA) is 159 Å². The Labute approximate surface area is 149 Å². The number of ether oxygens (including phenoxy) is 1. The number of carboxylic acids is 1. The van der Waals surface area contributed by atoms with Crippen LogP contribution in [-0.2, 0) is 20.7 Å². The number of rotatable bonds is 7. The number of benzene rings is 1. The average Bonchev–Trinajstić information content (AvgIpc) is 2.62. The van der Waals surface area contributed by atoms with Gasteiger partial charge in [0.15, 0.2) is 6.10 Å². The van der Waals surface area contributed by atoms with Crippen LogP contribution in [0.25, 0.3) is 0 Å². The van der Waals surface area contributed by atoms with E-state index >= 15 is 0 Å². The summed E-state index contributed by atoms with van der Waals surface area (Å²) < 4.78 is 5.07. The molecule has 26 heavy (non-hydrogen) atoms. The molecule has 9 nitrogen and oxygen atoms in total. The van der Waals surface area contributed by atoms with E-state index in [-0.39, 0.29) is 6.42 Å². The molecule has 0 aromatic heterocycles. The Kier molecular flexibility index (Phi) is 6.70. The summed E-state index contributed by atoms with van der Waals surface area (Å²) in [5, 5.41) is 52.3. The zero-order chi connectivity index (χ0) is 19.3. The predicted octanol–water partition coefficient (Wildman–Crippen LogP) is -3.18. The first-order valence-electron chi connectivity index (χ1n) is 7.91. The fourth-order valence-electron chi connectivity index (χ4n) is 2.62. The van der Waals surface area contributed by atoms with Gasteiger partial charge in [0.1, 0.15) is 23.9 Å². The third-order valence-electron chi connectivity index (χ3n) is 3.96. The van der Waals surface area contributed by atoms with Crippen LogP contribution in [0.4, 0.5) is 0 Å². The van der Waals surface area contributed by atoms with Gasteiger partial charge >= 0.3 is 0 Å². The van der Waals surface area contributed by atoms with Gasteiger partial charge in [-0.25, -0.2) is 0 Å². The Bertz CT molecular complexity index is 662. The molecule has 1 aromatic carbocycles. The molecule has 142 valence electrons. The van der Waals surface area contributed by atoms with Gasteiger partial charge in [0.25, 0.3) is 0 Å². The molecule has 0 spiro atoms. The van der Waals surface area contributed by atoms with Gasteiger partial charge in [-0.05, 0) is 11.6 Å². The van der Waals surface area contributed by atoms with E-state index in [9.17, 15) is 30.0 Å². The van der Waals surface area contributed by atoms with Crippen LogP contribution in [0.3, 0.4) is 0 Å². The Morgan fingerprint density at radius 3 is 2.46 bits per heavy atom. The molecule has 1 aliphatic heterocycles. The molecule has 1 aromatic rings. The second kappa shape index (κ2) is 8.77. The maximum Gasteiger partial charge on any atom is 0.224 e. The third-order valence-corrected chi connectivity index (χ3v) is 3.96. The third kappa shape index (κ3) is 4.79. The second-order valence-electron chi connectivity index (χ2n) is 5.89. The number of carboxylic acid groups (broad SMARTS) is 1. The Morgan fingerprint density at radius 1 is 1.23 bits per heavy atom. The molecular formula is C17H20NO8-. The van der Waals surface area contributed by atoms with E-state index in [1.165, 1.54) is 0 Å². The summed E-state index contributed by atoms with van der Waals surface area (Å²) in [6.45, 7) is -0.827. The van der Waals surface area contributed by atoms with Crippen molar-refractivity contribution < 1.29 is 39.9 Å². The lowest BCUT2D eigenvalue weighted by molar-refractivity contribution is -0.305. The van der Waals surface area contributed by atoms with Gasteiger partial charge in [-0.1, -0.05) is 30.3 Å². The van der Waals surface area contributed by atoms with Gasteiger partial charge in [-0.3, -0.25) is 4.79 Å². The molecule has 1 heterocycles. The van der Waals surface area contributed by atoms with Crippen molar-refractivity contribution in [2.45, 2.75) is 36.9 Å².